The highest BCUT2D eigenvalue weighted by Gasteiger charge is 2.59. The zero-order chi connectivity index (χ0) is 18.7. The summed E-state index contributed by atoms with van der Waals surface area (Å²) in [7, 11) is 0. The fourth-order valence-corrected chi connectivity index (χ4v) is 7.17. The molecule has 0 heterocycles. The molecule has 4 rings (SSSR count). The van der Waals surface area contributed by atoms with Gasteiger partial charge in [0.05, 0.1) is 0 Å². The SMILES string of the molecule is CCC1CC2C3CCC4=CC(=O)CCC4(C)C3=CCC2(C)C1C(=O)CO. The quantitative estimate of drug-likeness (QED) is 0.769. The first-order valence-corrected chi connectivity index (χ1v) is 10.4. The Hall–Kier alpha value is -1.22. The molecule has 6 unspecified atom stereocenters. The monoisotopic (exact) mass is 356 g/mol. The van der Waals surface area contributed by atoms with E-state index >= 15 is 0 Å². The molecule has 3 heteroatoms. The highest BCUT2D eigenvalue weighted by Crippen LogP contribution is 2.66. The number of carbonyl (C=O) groups excluding carboxylic acids is 2. The molecule has 0 amide bonds. The molecule has 6 atom stereocenters. The van der Waals surface area contributed by atoms with Crippen LogP contribution in [-0.4, -0.2) is 23.3 Å². The lowest BCUT2D eigenvalue weighted by Gasteiger charge is -2.53. The van der Waals surface area contributed by atoms with E-state index in [9.17, 15) is 14.7 Å². The number of rotatable bonds is 3. The number of ketones is 2. The highest BCUT2D eigenvalue weighted by atomic mass is 16.3. The average molecular weight is 357 g/mol. The smallest absolute Gasteiger partial charge is 0.162 e. The number of Topliss-reactive ketones (excluding diaryl/α,β-unsaturated/α-hetero) is 1. The molecule has 0 aromatic heterocycles. The maximum absolute atomic E-state index is 12.6. The maximum Gasteiger partial charge on any atom is 0.162 e. The molecule has 4 aliphatic rings. The summed E-state index contributed by atoms with van der Waals surface area (Å²) in [4.78, 5) is 24.5. The minimum Gasteiger partial charge on any atom is -0.389 e. The topological polar surface area (TPSA) is 54.4 Å². The molecule has 0 saturated heterocycles. The van der Waals surface area contributed by atoms with Gasteiger partial charge >= 0.3 is 0 Å². The van der Waals surface area contributed by atoms with Crippen molar-refractivity contribution in [3.05, 3.63) is 23.3 Å². The standard InChI is InChI=1S/C23H32O3/c1-4-14-11-19-17-6-5-15-12-16(25)7-9-22(15,2)18(17)8-10-23(19,3)21(14)20(26)13-24/h8,12,14,17,19,21,24H,4-7,9-11,13H2,1-3H3. The van der Waals surface area contributed by atoms with Crippen LogP contribution in [0.4, 0.5) is 0 Å². The van der Waals surface area contributed by atoms with Gasteiger partial charge in [-0.15, -0.1) is 0 Å². The molecule has 142 valence electrons. The molecule has 1 N–H and O–H groups in total. The van der Waals surface area contributed by atoms with E-state index in [1.165, 1.54) is 5.57 Å². The van der Waals surface area contributed by atoms with Crippen LogP contribution in [0, 0.1) is 34.5 Å². The van der Waals surface area contributed by atoms with Crippen molar-refractivity contribution in [2.45, 2.75) is 65.7 Å². The van der Waals surface area contributed by atoms with Gasteiger partial charge in [0.1, 0.15) is 6.61 Å². The summed E-state index contributed by atoms with van der Waals surface area (Å²) in [6, 6.07) is 0. The second-order valence-electron chi connectivity index (χ2n) is 9.60. The van der Waals surface area contributed by atoms with Gasteiger partial charge in [0.15, 0.2) is 11.6 Å². The molecular weight excluding hydrogens is 324 g/mol. The van der Waals surface area contributed by atoms with E-state index in [1.54, 1.807) is 5.57 Å². The fraction of sp³-hybridized carbons (Fsp3) is 0.739. The zero-order valence-corrected chi connectivity index (χ0v) is 16.4. The number of allylic oxidation sites excluding steroid dienone is 4. The van der Waals surface area contributed by atoms with Gasteiger partial charge in [0, 0.05) is 17.8 Å². The molecule has 0 bridgehead atoms. The molecule has 2 fully saturated rings. The van der Waals surface area contributed by atoms with Crippen LogP contribution in [-0.2, 0) is 9.59 Å². The lowest BCUT2D eigenvalue weighted by atomic mass is 9.51. The fourth-order valence-electron chi connectivity index (χ4n) is 7.17. The summed E-state index contributed by atoms with van der Waals surface area (Å²) in [5.74, 6) is 1.80. The van der Waals surface area contributed by atoms with E-state index < -0.39 is 0 Å². The van der Waals surface area contributed by atoms with E-state index in [-0.39, 0.29) is 34.9 Å². The second kappa shape index (κ2) is 6.15. The predicted molar refractivity (Wildman–Crippen MR) is 101 cm³/mol. The number of carbonyl (C=O) groups is 2. The number of hydrogen-bond donors (Lipinski definition) is 1. The Bertz CT molecular complexity index is 702. The van der Waals surface area contributed by atoms with Gasteiger partial charge < -0.3 is 5.11 Å². The van der Waals surface area contributed by atoms with Crippen molar-refractivity contribution in [2.75, 3.05) is 6.61 Å². The molecular formula is C23H32O3. The lowest BCUT2D eigenvalue weighted by Crippen LogP contribution is -2.46. The Morgan fingerprint density at radius 3 is 2.77 bits per heavy atom. The molecule has 0 spiro atoms. The van der Waals surface area contributed by atoms with Crippen molar-refractivity contribution < 1.29 is 14.7 Å². The summed E-state index contributed by atoms with van der Waals surface area (Å²) < 4.78 is 0. The van der Waals surface area contributed by atoms with Gasteiger partial charge in [-0.2, -0.15) is 0 Å². The van der Waals surface area contributed by atoms with Crippen LogP contribution < -0.4 is 0 Å². The second-order valence-corrected chi connectivity index (χ2v) is 9.60. The molecule has 0 aromatic rings. The lowest BCUT2D eigenvalue weighted by molar-refractivity contribution is -0.131. The van der Waals surface area contributed by atoms with Gasteiger partial charge in [0.2, 0.25) is 0 Å². The summed E-state index contributed by atoms with van der Waals surface area (Å²) in [5, 5.41) is 9.56. The number of fused-ring (bicyclic) bond motifs is 5. The van der Waals surface area contributed by atoms with E-state index in [4.69, 9.17) is 0 Å². The Balaban J connectivity index is 1.74. The van der Waals surface area contributed by atoms with Crippen molar-refractivity contribution in [3.63, 3.8) is 0 Å². The molecule has 26 heavy (non-hydrogen) atoms. The Kier molecular flexibility index (Phi) is 4.30. The molecule has 4 aliphatic carbocycles. The van der Waals surface area contributed by atoms with Crippen LogP contribution in [0.2, 0.25) is 0 Å². The molecule has 3 nitrogen and oxygen atoms in total. The van der Waals surface area contributed by atoms with Crippen molar-refractivity contribution in [1.29, 1.82) is 0 Å². The van der Waals surface area contributed by atoms with Gasteiger partial charge in [-0.3, -0.25) is 9.59 Å². The van der Waals surface area contributed by atoms with Crippen LogP contribution in [0.15, 0.2) is 23.3 Å². The van der Waals surface area contributed by atoms with Crippen molar-refractivity contribution in [1.82, 2.24) is 0 Å². The maximum atomic E-state index is 12.6. The molecule has 0 radical (unpaired) electrons. The summed E-state index contributed by atoms with van der Waals surface area (Å²) in [5.41, 5.74) is 2.93. The molecule has 2 saturated carbocycles. The minimum atomic E-state index is -0.322. The van der Waals surface area contributed by atoms with Crippen LogP contribution in [0.5, 0.6) is 0 Å². The number of aliphatic hydroxyl groups is 1. The van der Waals surface area contributed by atoms with Crippen molar-refractivity contribution in [3.8, 4) is 0 Å². The average Bonchev–Trinajstić information content (AvgIpc) is 2.94. The Morgan fingerprint density at radius 1 is 1.31 bits per heavy atom. The normalized spacial score (nSPS) is 44.5. The van der Waals surface area contributed by atoms with Crippen LogP contribution in [0.1, 0.15) is 65.7 Å². The third-order valence-electron chi connectivity index (χ3n) is 8.54. The van der Waals surface area contributed by atoms with Gasteiger partial charge in [-0.05, 0) is 61.3 Å². The molecule has 0 aromatic carbocycles. The van der Waals surface area contributed by atoms with Crippen molar-refractivity contribution in [2.24, 2.45) is 34.5 Å². The first-order valence-electron chi connectivity index (χ1n) is 10.4. The minimum absolute atomic E-state index is 0.00187. The van der Waals surface area contributed by atoms with E-state index in [0.29, 0.717) is 24.2 Å². The number of aliphatic hydroxyl groups excluding tert-OH is 1. The molecule has 0 aliphatic heterocycles. The third-order valence-corrected chi connectivity index (χ3v) is 8.54. The third kappa shape index (κ3) is 2.35. The predicted octanol–water partition coefficient (Wildman–Crippen LogP) is 4.25. The van der Waals surface area contributed by atoms with E-state index in [0.717, 1.165) is 38.5 Å². The van der Waals surface area contributed by atoms with Crippen LogP contribution in [0.3, 0.4) is 0 Å². The van der Waals surface area contributed by atoms with Gasteiger partial charge in [-0.1, -0.05) is 44.4 Å². The Morgan fingerprint density at radius 2 is 2.08 bits per heavy atom. The zero-order valence-electron chi connectivity index (χ0n) is 16.4. The van der Waals surface area contributed by atoms with E-state index in [1.807, 2.05) is 6.08 Å². The largest absolute Gasteiger partial charge is 0.389 e. The summed E-state index contributed by atoms with van der Waals surface area (Å²) in [6.45, 7) is 6.51. The van der Waals surface area contributed by atoms with Crippen molar-refractivity contribution >= 4 is 11.6 Å². The first kappa shape index (κ1) is 18.2. The first-order chi connectivity index (χ1) is 12.3. The van der Waals surface area contributed by atoms with Gasteiger partial charge in [-0.25, -0.2) is 0 Å². The van der Waals surface area contributed by atoms with Crippen LogP contribution in [0.25, 0.3) is 0 Å². The highest BCUT2D eigenvalue weighted by molar-refractivity contribution is 5.92. The Labute approximate surface area is 156 Å². The summed E-state index contributed by atoms with van der Waals surface area (Å²) in [6.07, 6.45) is 11.2. The van der Waals surface area contributed by atoms with Gasteiger partial charge in [0.25, 0.3) is 0 Å². The summed E-state index contributed by atoms with van der Waals surface area (Å²) >= 11 is 0. The number of hydrogen-bond acceptors (Lipinski definition) is 3. The van der Waals surface area contributed by atoms with Crippen LogP contribution >= 0.6 is 0 Å². The van der Waals surface area contributed by atoms with E-state index in [2.05, 4.69) is 26.8 Å².